The highest BCUT2D eigenvalue weighted by Gasteiger charge is 2.28. The topological polar surface area (TPSA) is 110 Å². The maximum Gasteiger partial charge on any atom is 0.341 e. The van der Waals surface area contributed by atoms with Gasteiger partial charge in [-0.2, -0.15) is 0 Å². The number of fused-ring (bicyclic) bond motifs is 1. The molecule has 1 aromatic carbocycles. The Morgan fingerprint density at radius 1 is 1.18 bits per heavy atom. The van der Waals surface area contributed by atoms with Gasteiger partial charge in [0.25, 0.3) is 5.91 Å². The fourth-order valence-electron chi connectivity index (χ4n) is 3.32. The van der Waals surface area contributed by atoms with Crippen LogP contribution in [0.1, 0.15) is 44.5 Å². The van der Waals surface area contributed by atoms with Gasteiger partial charge in [-0.15, -0.1) is 21.5 Å². The molecular weight excluding hydrogens is 504 g/mol. The minimum Gasteiger partial charge on any atom is -0.462 e. The molecule has 3 aromatic rings. The largest absolute Gasteiger partial charge is 0.462 e. The second kappa shape index (κ2) is 10.6. The number of nitrogens with one attached hydrogen (secondary N) is 2. The Balaban J connectivity index is 1.34. The minimum atomic E-state index is -0.399. The molecule has 0 spiro atoms. The van der Waals surface area contributed by atoms with Gasteiger partial charge in [0.05, 0.1) is 17.9 Å². The van der Waals surface area contributed by atoms with Crippen molar-refractivity contribution >= 4 is 74.0 Å². The molecule has 0 saturated carbocycles. The van der Waals surface area contributed by atoms with Gasteiger partial charge in [-0.25, -0.2) is 4.79 Å². The van der Waals surface area contributed by atoms with E-state index >= 15 is 0 Å². The van der Waals surface area contributed by atoms with Gasteiger partial charge in [-0.1, -0.05) is 40.8 Å². The predicted molar refractivity (Wildman–Crippen MR) is 131 cm³/mol. The van der Waals surface area contributed by atoms with E-state index in [1.165, 1.54) is 34.4 Å². The number of halogens is 1. The van der Waals surface area contributed by atoms with E-state index in [1.807, 2.05) is 0 Å². The zero-order chi connectivity index (χ0) is 23.4. The molecule has 1 aliphatic rings. The number of ether oxygens (including phenoxy) is 1. The molecule has 4 rings (SSSR count). The van der Waals surface area contributed by atoms with E-state index in [4.69, 9.17) is 16.3 Å². The van der Waals surface area contributed by atoms with Gasteiger partial charge in [-0.3, -0.25) is 14.9 Å². The van der Waals surface area contributed by atoms with Gasteiger partial charge < -0.3 is 10.1 Å². The van der Waals surface area contributed by atoms with Crippen molar-refractivity contribution in [1.29, 1.82) is 0 Å². The third-order valence-corrected chi connectivity index (χ3v) is 8.11. The summed E-state index contributed by atoms with van der Waals surface area (Å²) in [5, 5.41) is 14.8. The number of carbonyl (C=O) groups excluding carboxylic acids is 3. The van der Waals surface area contributed by atoms with E-state index in [9.17, 15) is 14.4 Å². The second-order valence-corrected chi connectivity index (χ2v) is 10.7. The minimum absolute atomic E-state index is 0.0850. The van der Waals surface area contributed by atoms with Crippen molar-refractivity contribution in [3.63, 3.8) is 0 Å². The summed E-state index contributed by atoms with van der Waals surface area (Å²) >= 11 is 9.72. The lowest BCUT2D eigenvalue weighted by molar-refractivity contribution is -0.113. The molecule has 172 valence electrons. The molecule has 2 aromatic heterocycles. The van der Waals surface area contributed by atoms with E-state index < -0.39 is 5.97 Å². The summed E-state index contributed by atoms with van der Waals surface area (Å²) in [6.45, 7) is 2.03. The molecule has 0 radical (unpaired) electrons. The Morgan fingerprint density at radius 2 is 2.03 bits per heavy atom. The highest BCUT2D eigenvalue weighted by atomic mass is 35.5. The standard InChI is InChI=1S/C21H19ClN4O4S3/c1-2-30-19(29)16-13-7-4-8-14(13)32-18(16)23-15(27)10-31-21-26-25-20(33-21)24-17(28)11-5-3-6-12(22)9-11/h3,5-6,9H,2,4,7-8,10H2,1H3,(H,23,27)(H,24,25,28). The van der Waals surface area contributed by atoms with Crippen molar-refractivity contribution in [1.82, 2.24) is 10.2 Å². The van der Waals surface area contributed by atoms with Crippen LogP contribution in [0.5, 0.6) is 0 Å². The zero-order valence-electron chi connectivity index (χ0n) is 17.5. The third-order valence-electron chi connectivity index (χ3n) is 4.69. The van der Waals surface area contributed by atoms with E-state index in [0.29, 0.717) is 30.6 Å². The number of thioether (sulfide) groups is 1. The summed E-state index contributed by atoms with van der Waals surface area (Å²) in [6, 6.07) is 6.58. The van der Waals surface area contributed by atoms with E-state index in [0.717, 1.165) is 29.7 Å². The first-order chi connectivity index (χ1) is 15.9. The maximum atomic E-state index is 12.5. The van der Waals surface area contributed by atoms with E-state index in [2.05, 4.69) is 20.8 Å². The lowest BCUT2D eigenvalue weighted by Crippen LogP contribution is -2.16. The van der Waals surface area contributed by atoms with Crippen LogP contribution in [-0.4, -0.2) is 40.3 Å². The number of nitrogens with zero attached hydrogens (tertiary/aromatic N) is 2. The molecular formula is C21H19ClN4O4S3. The summed E-state index contributed by atoms with van der Waals surface area (Å²) in [7, 11) is 0. The summed E-state index contributed by atoms with van der Waals surface area (Å²) in [5.41, 5.74) is 1.88. The van der Waals surface area contributed by atoms with Crippen molar-refractivity contribution in [3.05, 3.63) is 50.9 Å². The fraction of sp³-hybridized carbons (Fsp3) is 0.286. The van der Waals surface area contributed by atoms with Gasteiger partial charge in [0.2, 0.25) is 11.0 Å². The van der Waals surface area contributed by atoms with E-state index in [-0.39, 0.29) is 24.2 Å². The molecule has 2 heterocycles. The number of anilines is 2. The molecule has 0 atom stereocenters. The number of aromatic nitrogens is 2. The van der Waals surface area contributed by atoms with Crippen molar-refractivity contribution in [2.75, 3.05) is 23.0 Å². The third kappa shape index (κ3) is 5.72. The summed E-state index contributed by atoms with van der Waals surface area (Å²) in [4.78, 5) is 38.4. The van der Waals surface area contributed by atoms with Crippen LogP contribution in [0.25, 0.3) is 0 Å². The van der Waals surface area contributed by atoms with E-state index in [1.54, 1.807) is 31.2 Å². The molecule has 0 fully saturated rings. The molecule has 8 nitrogen and oxygen atoms in total. The number of benzene rings is 1. The first kappa shape index (κ1) is 23.7. The summed E-state index contributed by atoms with van der Waals surface area (Å²) < 4.78 is 5.72. The lowest BCUT2D eigenvalue weighted by Gasteiger charge is -2.07. The molecule has 0 saturated heterocycles. The van der Waals surface area contributed by atoms with Crippen molar-refractivity contribution in [2.24, 2.45) is 0 Å². The predicted octanol–water partition coefficient (Wildman–Crippen LogP) is 4.90. The van der Waals surface area contributed by atoms with Crippen molar-refractivity contribution in [2.45, 2.75) is 30.5 Å². The van der Waals surface area contributed by atoms with Gasteiger partial charge in [-0.05, 0) is 49.9 Å². The first-order valence-electron chi connectivity index (χ1n) is 10.1. The van der Waals surface area contributed by atoms with Gasteiger partial charge in [0.15, 0.2) is 4.34 Å². The fourth-order valence-corrected chi connectivity index (χ4v) is 6.35. The number of rotatable bonds is 8. The number of thiophene rings is 1. The number of hydrogen-bond acceptors (Lipinski definition) is 9. The maximum absolute atomic E-state index is 12.5. The molecule has 33 heavy (non-hydrogen) atoms. The van der Waals surface area contributed by atoms with Crippen LogP contribution in [0.4, 0.5) is 10.1 Å². The van der Waals surface area contributed by atoms with Crippen molar-refractivity contribution < 1.29 is 19.1 Å². The molecule has 12 heteroatoms. The number of aryl methyl sites for hydroxylation is 1. The van der Waals surface area contributed by atoms with Crippen LogP contribution in [0.3, 0.4) is 0 Å². The lowest BCUT2D eigenvalue weighted by atomic mass is 10.1. The van der Waals surface area contributed by atoms with Crippen LogP contribution >= 0.6 is 46.0 Å². The Morgan fingerprint density at radius 3 is 2.82 bits per heavy atom. The molecule has 1 aliphatic carbocycles. The normalized spacial score (nSPS) is 12.3. The molecule has 0 bridgehead atoms. The van der Waals surface area contributed by atoms with Crippen molar-refractivity contribution in [3.8, 4) is 0 Å². The SMILES string of the molecule is CCOC(=O)c1c(NC(=O)CSc2nnc(NC(=O)c3cccc(Cl)c3)s2)sc2c1CCC2. The molecule has 2 amide bonds. The van der Waals surface area contributed by atoms with Gasteiger partial charge in [0, 0.05) is 15.5 Å². The highest BCUT2D eigenvalue weighted by molar-refractivity contribution is 8.01. The Kier molecular flexibility index (Phi) is 7.63. The zero-order valence-corrected chi connectivity index (χ0v) is 20.7. The smallest absolute Gasteiger partial charge is 0.341 e. The van der Waals surface area contributed by atoms with Crippen LogP contribution in [0, 0.1) is 0 Å². The van der Waals surface area contributed by atoms with Gasteiger partial charge in [0.1, 0.15) is 5.00 Å². The quantitative estimate of drug-likeness (QED) is 0.246. The number of esters is 1. The molecule has 0 unspecified atom stereocenters. The summed E-state index contributed by atoms with van der Waals surface area (Å²) in [6.07, 6.45) is 2.73. The first-order valence-corrected chi connectivity index (χ1v) is 13.1. The van der Waals surface area contributed by atoms with Crippen LogP contribution in [0.2, 0.25) is 5.02 Å². The number of amides is 2. The Labute approximate surface area is 207 Å². The van der Waals surface area contributed by atoms with Crippen LogP contribution < -0.4 is 10.6 Å². The highest BCUT2D eigenvalue weighted by Crippen LogP contribution is 2.39. The van der Waals surface area contributed by atoms with Crippen LogP contribution in [-0.2, 0) is 22.4 Å². The summed E-state index contributed by atoms with van der Waals surface area (Å²) in [5.74, 6) is -0.920. The van der Waals surface area contributed by atoms with Crippen LogP contribution in [0.15, 0.2) is 28.6 Å². The molecule has 2 N–H and O–H groups in total. The second-order valence-electron chi connectivity index (χ2n) is 6.96. The average Bonchev–Trinajstić information content (AvgIpc) is 3.49. The Hall–Kier alpha value is -2.47. The number of carbonyl (C=O) groups is 3. The molecule has 0 aliphatic heterocycles. The average molecular weight is 523 g/mol. The monoisotopic (exact) mass is 522 g/mol. The van der Waals surface area contributed by atoms with Gasteiger partial charge >= 0.3 is 5.97 Å². The number of hydrogen-bond donors (Lipinski definition) is 2. The Bertz CT molecular complexity index is 1210.